The molecule has 0 aromatic carbocycles. The number of quaternary nitrogens is 1. The summed E-state index contributed by atoms with van der Waals surface area (Å²) in [5.74, 6) is 0. The molecule has 0 bridgehead atoms. The molecular weight excluding hydrogens is 400 g/mol. The lowest BCUT2D eigenvalue weighted by Crippen LogP contribution is -2.42. The predicted molar refractivity (Wildman–Crippen MR) is 118 cm³/mol. The Hall–Kier alpha value is 0.0900. The van der Waals surface area contributed by atoms with Crippen LogP contribution in [0, 0.1) is 0 Å². The lowest BCUT2D eigenvalue weighted by Gasteiger charge is -2.28. The quantitative estimate of drug-likeness (QED) is 0.230. The molecule has 0 aliphatic heterocycles. The molecule has 0 saturated carbocycles. The van der Waals surface area contributed by atoms with Crippen LogP contribution in [0.2, 0.25) is 0 Å². The Labute approximate surface area is 172 Å². The number of likely N-dealkylation sites (N-methyl/N-ethyl adjacent to an activating group) is 1. The first kappa shape index (κ1) is 29.8. The smallest absolute Gasteiger partial charge is 0.102 e. The van der Waals surface area contributed by atoms with E-state index >= 15 is 0 Å². The summed E-state index contributed by atoms with van der Waals surface area (Å²) in [6.45, 7) is 7.13. The number of carbonyl (C=O) groups excluding carboxylic acids is 1. The first-order valence-electron chi connectivity index (χ1n) is 9.77. The Bertz CT molecular complexity index is 280. The second-order valence-corrected chi connectivity index (χ2v) is 7.48. The zero-order chi connectivity index (χ0) is 18.7. The lowest BCUT2D eigenvalue weighted by atomic mass is 10.1. The molecule has 0 unspecified atom stereocenters. The second-order valence-electron chi connectivity index (χ2n) is 7.11. The van der Waals surface area contributed by atoms with Gasteiger partial charge in [-0.2, -0.15) is 0 Å². The molecule has 0 fully saturated rings. The number of nitrogens with zero attached hydrogens (tertiary/aromatic N) is 1. The minimum atomic E-state index is -0.377. The summed E-state index contributed by atoms with van der Waals surface area (Å²) in [6.07, 6.45) is 14.0. The fourth-order valence-corrected chi connectivity index (χ4v) is 2.70. The minimum absolute atomic E-state index is 0. The summed E-state index contributed by atoms with van der Waals surface area (Å²) in [6, 6.07) is 0. The molecule has 0 atom stereocenters. The summed E-state index contributed by atoms with van der Waals surface area (Å²) in [7, 11) is 4.42. The SMILES string of the molecule is Br.CCCCCCCCCCCC[N+](C)(C)CCO.CCNC(=O)[S-]. The van der Waals surface area contributed by atoms with Gasteiger partial charge >= 0.3 is 0 Å². The predicted octanol–water partition coefficient (Wildman–Crippen LogP) is 4.82. The zero-order valence-electron chi connectivity index (χ0n) is 17.0. The normalized spacial score (nSPS) is 10.4. The Morgan fingerprint density at radius 1 is 0.880 bits per heavy atom. The summed E-state index contributed by atoms with van der Waals surface area (Å²) in [5, 5.41) is 11.0. The molecule has 0 rings (SSSR count). The highest BCUT2D eigenvalue weighted by atomic mass is 79.9. The molecule has 0 radical (unpaired) electrons. The maximum Gasteiger partial charge on any atom is 0.102 e. The minimum Gasteiger partial charge on any atom is -0.719 e. The summed E-state index contributed by atoms with van der Waals surface area (Å²) >= 11 is 4.13. The van der Waals surface area contributed by atoms with E-state index in [1.807, 2.05) is 6.92 Å². The molecule has 0 aliphatic carbocycles. The number of aliphatic hydroxyl groups is 1. The first-order valence-corrected chi connectivity index (χ1v) is 10.2. The molecule has 0 heterocycles. The molecule has 6 heteroatoms. The third-order valence-corrected chi connectivity index (χ3v) is 4.29. The second kappa shape index (κ2) is 22.1. The Balaban J connectivity index is -0.000000592. The van der Waals surface area contributed by atoms with E-state index in [1.165, 1.54) is 70.8 Å². The highest BCUT2D eigenvalue weighted by Gasteiger charge is 2.12. The lowest BCUT2D eigenvalue weighted by molar-refractivity contribution is -0.890. The third kappa shape index (κ3) is 29.1. The molecule has 4 nitrogen and oxygen atoms in total. The van der Waals surface area contributed by atoms with Crippen molar-refractivity contribution in [3.8, 4) is 0 Å². The van der Waals surface area contributed by atoms with Gasteiger partial charge in [-0.3, -0.25) is 0 Å². The van der Waals surface area contributed by atoms with E-state index in [-0.39, 0.29) is 22.2 Å². The van der Waals surface area contributed by atoms with Gasteiger partial charge in [0.1, 0.15) is 6.54 Å². The fourth-order valence-electron chi connectivity index (χ4n) is 2.55. The van der Waals surface area contributed by atoms with E-state index < -0.39 is 0 Å². The summed E-state index contributed by atoms with van der Waals surface area (Å²) < 4.78 is 0.966. The van der Waals surface area contributed by atoms with Crippen molar-refractivity contribution in [2.24, 2.45) is 0 Å². The Morgan fingerprint density at radius 2 is 1.32 bits per heavy atom. The topological polar surface area (TPSA) is 49.3 Å². The van der Waals surface area contributed by atoms with Crippen LogP contribution < -0.4 is 5.32 Å². The molecule has 0 saturated heterocycles. The molecule has 154 valence electrons. The van der Waals surface area contributed by atoms with Gasteiger partial charge in [0.05, 0.1) is 32.5 Å². The van der Waals surface area contributed by atoms with Gasteiger partial charge in [-0.05, 0) is 19.8 Å². The first-order chi connectivity index (χ1) is 11.4. The van der Waals surface area contributed by atoms with Gasteiger partial charge < -0.3 is 32.3 Å². The Morgan fingerprint density at radius 3 is 1.64 bits per heavy atom. The van der Waals surface area contributed by atoms with Crippen LogP contribution in [-0.2, 0) is 12.6 Å². The zero-order valence-corrected chi connectivity index (χ0v) is 19.5. The van der Waals surface area contributed by atoms with Gasteiger partial charge in [-0.25, -0.2) is 0 Å². The molecule has 1 amide bonds. The van der Waals surface area contributed by atoms with Gasteiger partial charge in [0.2, 0.25) is 0 Å². The average Bonchev–Trinajstić information content (AvgIpc) is 2.49. The van der Waals surface area contributed by atoms with Gasteiger partial charge in [-0.15, -0.1) is 17.0 Å². The van der Waals surface area contributed by atoms with Crippen LogP contribution in [-0.4, -0.2) is 55.2 Å². The van der Waals surface area contributed by atoms with Crippen LogP contribution in [0.4, 0.5) is 4.79 Å². The molecule has 25 heavy (non-hydrogen) atoms. The van der Waals surface area contributed by atoms with Gasteiger partial charge in [-0.1, -0.05) is 58.3 Å². The van der Waals surface area contributed by atoms with E-state index in [4.69, 9.17) is 5.11 Å². The van der Waals surface area contributed by atoms with Crippen molar-refractivity contribution in [2.45, 2.75) is 78.1 Å². The molecule has 0 aromatic heterocycles. The molecule has 0 aromatic rings. The number of hydrogen-bond acceptors (Lipinski definition) is 3. The fraction of sp³-hybridized carbons (Fsp3) is 0.947. The number of aliphatic hydroxyl groups excluding tert-OH is 1. The standard InChI is InChI=1S/C16H36NO.C3H7NOS.BrH/c1-4-5-6-7-8-9-10-11-12-13-14-17(2,3)15-16-18;1-2-4-3(5)6;/h18H,4-16H2,1-3H3;2H2,1H3,(H2,4,5,6);1H/q+1;;/p-1. The van der Waals surface area contributed by atoms with E-state index in [0.717, 1.165) is 11.0 Å². The number of halogens is 1. The average molecular weight is 444 g/mol. The molecule has 2 N–H and O–H groups in total. The summed E-state index contributed by atoms with van der Waals surface area (Å²) in [5.41, 5.74) is 0. The van der Waals surface area contributed by atoms with Crippen LogP contribution in [0.15, 0.2) is 0 Å². The number of rotatable bonds is 14. The van der Waals surface area contributed by atoms with Crippen molar-refractivity contribution < 1.29 is 14.4 Å². The van der Waals surface area contributed by atoms with E-state index in [9.17, 15) is 4.79 Å². The monoisotopic (exact) mass is 442 g/mol. The van der Waals surface area contributed by atoms with Crippen molar-refractivity contribution >= 4 is 34.8 Å². The van der Waals surface area contributed by atoms with Crippen LogP contribution in [0.1, 0.15) is 78.1 Å². The third-order valence-electron chi connectivity index (χ3n) is 4.14. The largest absolute Gasteiger partial charge is 0.719 e. The number of carbonyl (C=O) groups is 1. The molecular formula is C19H43BrN2O2S. The van der Waals surface area contributed by atoms with E-state index in [0.29, 0.717) is 13.2 Å². The highest BCUT2D eigenvalue weighted by Crippen LogP contribution is 2.11. The molecule has 0 aliphatic rings. The van der Waals surface area contributed by atoms with Crippen LogP contribution in [0.25, 0.3) is 0 Å². The van der Waals surface area contributed by atoms with Crippen molar-refractivity contribution in [1.82, 2.24) is 5.32 Å². The summed E-state index contributed by atoms with van der Waals surface area (Å²) in [4.78, 5) is 9.75. The number of unbranched alkanes of at least 4 members (excludes halogenated alkanes) is 9. The number of hydrogen-bond donors (Lipinski definition) is 2. The van der Waals surface area contributed by atoms with Crippen molar-refractivity contribution in [2.75, 3.05) is 40.3 Å². The van der Waals surface area contributed by atoms with Gasteiger partial charge in [0, 0.05) is 6.54 Å². The van der Waals surface area contributed by atoms with Crippen LogP contribution in [0.5, 0.6) is 0 Å². The van der Waals surface area contributed by atoms with Gasteiger partial charge in [0.15, 0.2) is 0 Å². The Kier molecular flexibility index (Phi) is 26.4. The van der Waals surface area contributed by atoms with E-state index in [1.54, 1.807) is 0 Å². The maximum absolute atomic E-state index is 9.75. The number of amides is 1. The van der Waals surface area contributed by atoms with Crippen molar-refractivity contribution in [1.29, 1.82) is 0 Å². The van der Waals surface area contributed by atoms with Crippen LogP contribution in [0.3, 0.4) is 0 Å². The van der Waals surface area contributed by atoms with Crippen molar-refractivity contribution in [3.05, 3.63) is 0 Å². The van der Waals surface area contributed by atoms with E-state index in [2.05, 4.69) is 39.0 Å². The van der Waals surface area contributed by atoms with Crippen LogP contribution >= 0.6 is 17.0 Å². The number of nitrogens with one attached hydrogen (secondary N) is 1. The van der Waals surface area contributed by atoms with Gasteiger partial charge in [0.25, 0.3) is 0 Å². The highest BCUT2D eigenvalue weighted by molar-refractivity contribution is 8.93. The maximum atomic E-state index is 9.75. The van der Waals surface area contributed by atoms with Crippen molar-refractivity contribution in [3.63, 3.8) is 0 Å². The molecule has 0 spiro atoms.